The van der Waals surface area contributed by atoms with E-state index in [1.807, 2.05) is 20.8 Å². The Hall–Kier alpha value is -1.26. The lowest BCUT2D eigenvalue weighted by Crippen LogP contribution is -2.46. The molecule has 0 bridgehead atoms. The Bertz CT molecular complexity index is 406. The topological polar surface area (TPSA) is 78.4 Å². The Morgan fingerprint density at radius 3 is 2.33 bits per heavy atom. The molecule has 0 aromatic rings. The number of amides is 2. The maximum absolute atomic E-state index is 12.0. The van der Waals surface area contributed by atoms with Crippen molar-refractivity contribution in [3.63, 3.8) is 0 Å². The van der Waals surface area contributed by atoms with E-state index in [0.29, 0.717) is 11.8 Å². The van der Waals surface area contributed by atoms with Gasteiger partial charge in [0.15, 0.2) is 0 Å². The maximum atomic E-state index is 12.0. The van der Waals surface area contributed by atoms with Gasteiger partial charge in [-0.3, -0.25) is 4.79 Å². The SMILES string of the molecule is CC(C)(C)CC(CC(=O)O)NC(=O)NCC1(C2CC2)CC1. The van der Waals surface area contributed by atoms with Crippen molar-refractivity contribution in [2.24, 2.45) is 16.7 Å². The lowest BCUT2D eigenvalue weighted by Gasteiger charge is -2.26. The number of nitrogens with one attached hydrogen (secondary N) is 2. The Kier molecular flexibility index (Phi) is 4.49. The minimum Gasteiger partial charge on any atom is -0.481 e. The molecular formula is C16H28N2O3. The fourth-order valence-corrected chi connectivity index (χ4v) is 3.20. The highest BCUT2D eigenvalue weighted by Crippen LogP contribution is 2.60. The second-order valence-electron chi connectivity index (χ2n) is 8.02. The highest BCUT2D eigenvalue weighted by Gasteiger charge is 2.53. The van der Waals surface area contributed by atoms with Gasteiger partial charge in [0.1, 0.15) is 0 Å². The standard InChI is InChI=1S/C16H28N2O3/c1-15(2,3)9-12(8-13(19)20)18-14(21)17-10-16(6-7-16)11-4-5-11/h11-12H,4-10H2,1-3H3,(H,19,20)(H2,17,18,21). The van der Waals surface area contributed by atoms with Gasteiger partial charge in [-0.15, -0.1) is 0 Å². The summed E-state index contributed by atoms with van der Waals surface area (Å²) in [5, 5.41) is 14.8. The number of aliphatic carboxylic acids is 1. The van der Waals surface area contributed by atoms with Crippen molar-refractivity contribution < 1.29 is 14.7 Å². The Morgan fingerprint density at radius 2 is 1.90 bits per heavy atom. The van der Waals surface area contributed by atoms with E-state index < -0.39 is 5.97 Å². The summed E-state index contributed by atoms with van der Waals surface area (Å²) < 4.78 is 0. The number of carbonyl (C=O) groups excluding carboxylic acids is 1. The summed E-state index contributed by atoms with van der Waals surface area (Å²) in [6.07, 6.45) is 5.67. The zero-order valence-electron chi connectivity index (χ0n) is 13.4. The average molecular weight is 296 g/mol. The first-order valence-corrected chi connectivity index (χ1v) is 7.96. The predicted octanol–water partition coefficient (Wildman–Crippen LogP) is 2.76. The van der Waals surface area contributed by atoms with Gasteiger partial charge in [0.05, 0.1) is 6.42 Å². The molecule has 3 N–H and O–H groups in total. The molecule has 120 valence electrons. The molecule has 0 aromatic carbocycles. The third kappa shape index (κ3) is 5.21. The molecule has 1 unspecified atom stereocenters. The summed E-state index contributed by atoms with van der Waals surface area (Å²) in [6.45, 7) is 6.88. The third-order valence-corrected chi connectivity index (χ3v) is 4.55. The van der Waals surface area contributed by atoms with Gasteiger partial charge in [-0.2, -0.15) is 0 Å². The normalized spacial score (nSPS) is 21.5. The van der Waals surface area contributed by atoms with Gasteiger partial charge in [0.2, 0.25) is 0 Å². The van der Waals surface area contributed by atoms with Crippen molar-refractivity contribution in [2.45, 2.75) is 65.3 Å². The lowest BCUT2D eigenvalue weighted by molar-refractivity contribution is -0.137. The molecule has 0 saturated heterocycles. The molecule has 2 amide bonds. The Labute approximate surface area is 126 Å². The minimum atomic E-state index is -0.874. The van der Waals surface area contributed by atoms with Crippen LogP contribution in [0.5, 0.6) is 0 Å². The van der Waals surface area contributed by atoms with Crippen molar-refractivity contribution in [3.05, 3.63) is 0 Å². The van der Waals surface area contributed by atoms with Crippen molar-refractivity contribution >= 4 is 12.0 Å². The average Bonchev–Trinajstić information content (AvgIpc) is 3.16. The van der Waals surface area contributed by atoms with Crippen LogP contribution in [0.4, 0.5) is 4.79 Å². The zero-order chi connectivity index (χ0) is 15.7. The van der Waals surface area contributed by atoms with E-state index >= 15 is 0 Å². The van der Waals surface area contributed by atoms with Crippen molar-refractivity contribution in [1.82, 2.24) is 10.6 Å². The molecule has 2 saturated carbocycles. The molecule has 21 heavy (non-hydrogen) atoms. The van der Waals surface area contributed by atoms with E-state index in [-0.39, 0.29) is 23.9 Å². The molecule has 5 nitrogen and oxygen atoms in total. The first kappa shape index (κ1) is 16.1. The summed E-state index contributed by atoms with van der Waals surface area (Å²) in [4.78, 5) is 23.0. The fourth-order valence-electron chi connectivity index (χ4n) is 3.20. The van der Waals surface area contributed by atoms with Crippen molar-refractivity contribution in [1.29, 1.82) is 0 Å². The van der Waals surface area contributed by atoms with Gasteiger partial charge in [-0.1, -0.05) is 20.8 Å². The summed E-state index contributed by atoms with van der Waals surface area (Å²) in [5.41, 5.74) is 0.350. The lowest BCUT2D eigenvalue weighted by atomic mass is 9.87. The molecule has 0 spiro atoms. The third-order valence-electron chi connectivity index (χ3n) is 4.55. The molecule has 1 atom stereocenters. The summed E-state index contributed by atoms with van der Waals surface area (Å²) >= 11 is 0. The summed E-state index contributed by atoms with van der Waals surface area (Å²) in [7, 11) is 0. The number of urea groups is 1. The van der Waals surface area contributed by atoms with Gasteiger partial charge >= 0.3 is 12.0 Å². The molecule has 0 radical (unpaired) electrons. The smallest absolute Gasteiger partial charge is 0.315 e. The molecular weight excluding hydrogens is 268 g/mol. The number of hydrogen-bond acceptors (Lipinski definition) is 2. The summed E-state index contributed by atoms with van der Waals surface area (Å²) in [5.74, 6) is -0.0663. The Morgan fingerprint density at radius 1 is 1.29 bits per heavy atom. The van der Waals surface area contributed by atoms with Gasteiger partial charge in [0, 0.05) is 12.6 Å². The molecule has 0 aromatic heterocycles. The van der Waals surface area contributed by atoms with Crippen LogP contribution in [0, 0.1) is 16.7 Å². The van der Waals surface area contributed by atoms with Crippen LogP contribution in [-0.4, -0.2) is 29.7 Å². The van der Waals surface area contributed by atoms with Gasteiger partial charge in [-0.25, -0.2) is 4.79 Å². The number of rotatable bonds is 7. The highest BCUT2D eigenvalue weighted by atomic mass is 16.4. The van der Waals surface area contributed by atoms with Crippen LogP contribution in [0.3, 0.4) is 0 Å². The molecule has 5 heteroatoms. The number of carbonyl (C=O) groups is 2. The zero-order valence-corrected chi connectivity index (χ0v) is 13.4. The second-order valence-corrected chi connectivity index (χ2v) is 8.02. The van der Waals surface area contributed by atoms with E-state index in [0.717, 1.165) is 12.5 Å². The quantitative estimate of drug-likeness (QED) is 0.676. The number of carboxylic acids is 1. The predicted molar refractivity (Wildman–Crippen MR) is 81.0 cm³/mol. The highest BCUT2D eigenvalue weighted by molar-refractivity contribution is 5.75. The monoisotopic (exact) mass is 296 g/mol. The van der Waals surface area contributed by atoms with E-state index in [2.05, 4.69) is 10.6 Å². The minimum absolute atomic E-state index is 0.0148. The van der Waals surface area contributed by atoms with Gasteiger partial charge in [-0.05, 0) is 48.9 Å². The fraction of sp³-hybridized carbons (Fsp3) is 0.875. The number of carboxylic acid groups (broad SMARTS) is 1. The van der Waals surface area contributed by atoms with Crippen LogP contribution in [0.25, 0.3) is 0 Å². The van der Waals surface area contributed by atoms with Crippen molar-refractivity contribution in [2.75, 3.05) is 6.54 Å². The van der Waals surface area contributed by atoms with Gasteiger partial charge < -0.3 is 15.7 Å². The second kappa shape index (κ2) is 5.85. The van der Waals surface area contributed by atoms with Gasteiger partial charge in [0.25, 0.3) is 0 Å². The molecule has 2 aliphatic rings. The van der Waals surface area contributed by atoms with Crippen LogP contribution in [-0.2, 0) is 4.79 Å². The van der Waals surface area contributed by atoms with Crippen LogP contribution in [0.15, 0.2) is 0 Å². The van der Waals surface area contributed by atoms with E-state index in [1.165, 1.54) is 25.7 Å². The first-order valence-electron chi connectivity index (χ1n) is 7.96. The number of hydrogen-bond donors (Lipinski definition) is 3. The summed E-state index contributed by atoms with van der Waals surface area (Å²) in [6, 6.07) is -0.545. The Balaban J connectivity index is 1.78. The van der Waals surface area contributed by atoms with Crippen LogP contribution in [0.1, 0.15) is 59.3 Å². The first-order chi connectivity index (χ1) is 9.70. The van der Waals surface area contributed by atoms with Crippen molar-refractivity contribution in [3.8, 4) is 0 Å². The molecule has 0 aliphatic heterocycles. The van der Waals surface area contributed by atoms with E-state index in [9.17, 15) is 9.59 Å². The van der Waals surface area contributed by atoms with Crippen LogP contribution < -0.4 is 10.6 Å². The molecule has 0 heterocycles. The van der Waals surface area contributed by atoms with E-state index in [4.69, 9.17) is 5.11 Å². The van der Waals surface area contributed by atoms with Crippen LogP contribution >= 0.6 is 0 Å². The molecule has 2 fully saturated rings. The maximum Gasteiger partial charge on any atom is 0.315 e. The van der Waals surface area contributed by atoms with Crippen LogP contribution in [0.2, 0.25) is 0 Å². The largest absolute Gasteiger partial charge is 0.481 e. The molecule has 2 aliphatic carbocycles. The van der Waals surface area contributed by atoms with E-state index in [1.54, 1.807) is 0 Å². The molecule has 2 rings (SSSR count).